The molecule has 0 heterocycles. The van der Waals surface area contributed by atoms with Crippen molar-refractivity contribution < 1.29 is 5.11 Å². The fourth-order valence-electron chi connectivity index (χ4n) is 3.06. The summed E-state index contributed by atoms with van der Waals surface area (Å²) in [6, 6.07) is 7.72. The van der Waals surface area contributed by atoms with Gasteiger partial charge in [0.25, 0.3) is 0 Å². The lowest BCUT2D eigenvalue weighted by Crippen LogP contribution is -2.22. The molecule has 1 aromatic rings. The summed E-state index contributed by atoms with van der Waals surface area (Å²) >= 11 is 0. The molecule has 2 rings (SSSR count). The second kappa shape index (κ2) is 4.95. The van der Waals surface area contributed by atoms with E-state index in [-0.39, 0.29) is 0 Å². The molecule has 1 fully saturated rings. The van der Waals surface area contributed by atoms with Crippen LogP contribution in [0.4, 0.5) is 0 Å². The largest absolute Gasteiger partial charge is 0.508 e. The van der Waals surface area contributed by atoms with Crippen LogP contribution in [0.5, 0.6) is 5.75 Å². The summed E-state index contributed by atoms with van der Waals surface area (Å²) < 4.78 is 0. The average Bonchev–Trinajstić information content (AvgIpc) is 2.29. The third-order valence-electron chi connectivity index (χ3n) is 4.07. The number of aromatic hydroxyl groups is 1. The minimum Gasteiger partial charge on any atom is -0.508 e. The lowest BCUT2D eigenvalue weighted by Gasteiger charge is -2.35. The van der Waals surface area contributed by atoms with Crippen molar-refractivity contribution >= 4 is 0 Å². The lowest BCUT2D eigenvalue weighted by molar-refractivity contribution is 0.277. The van der Waals surface area contributed by atoms with E-state index in [2.05, 4.69) is 32.6 Å². The molecule has 1 heteroatoms. The summed E-state index contributed by atoms with van der Waals surface area (Å²) in [5.41, 5.74) is 2.65. The maximum Gasteiger partial charge on any atom is 0.115 e. The Morgan fingerprint density at radius 2 is 1.88 bits per heavy atom. The smallest absolute Gasteiger partial charge is 0.115 e. The van der Waals surface area contributed by atoms with Crippen LogP contribution in [0.3, 0.4) is 0 Å². The molecule has 17 heavy (non-hydrogen) atoms. The molecule has 0 aromatic heterocycles. The van der Waals surface area contributed by atoms with Gasteiger partial charge >= 0.3 is 0 Å². The van der Waals surface area contributed by atoms with Crippen LogP contribution >= 0.6 is 0 Å². The molecule has 0 spiro atoms. The number of benzene rings is 1. The summed E-state index contributed by atoms with van der Waals surface area (Å²) in [5, 5.41) is 9.36. The molecule has 0 aliphatic heterocycles. The van der Waals surface area contributed by atoms with Crippen molar-refractivity contribution in [2.24, 2.45) is 11.8 Å². The van der Waals surface area contributed by atoms with Gasteiger partial charge in [-0.05, 0) is 55.2 Å². The zero-order chi connectivity index (χ0) is 12.4. The Kier molecular flexibility index (Phi) is 3.56. The van der Waals surface area contributed by atoms with Crippen molar-refractivity contribution in [3.63, 3.8) is 0 Å². The van der Waals surface area contributed by atoms with Gasteiger partial charge in [0.05, 0.1) is 0 Å². The Morgan fingerprint density at radius 1 is 1.24 bits per heavy atom. The molecular formula is C16H22O. The van der Waals surface area contributed by atoms with Gasteiger partial charge in [0.15, 0.2) is 0 Å². The van der Waals surface area contributed by atoms with Crippen LogP contribution in [0.25, 0.3) is 0 Å². The monoisotopic (exact) mass is 230 g/mol. The zero-order valence-corrected chi connectivity index (χ0v) is 10.8. The third-order valence-corrected chi connectivity index (χ3v) is 4.07. The quantitative estimate of drug-likeness (QED) is 0.742. The highest BCUT2D eigenvalue weighted by Crippen LogP contribution is 2.43. The highest BCUT2D eigenvalue weighted by molar-refractivity contribution is 5.30. The van der Waals surface area contributed by atoms with Crippen LogP contribution in [-0.2, 0) is 0 Å². The number of allylic oxidation sites excluding steroid dienone is 1. The predicted octanol–water partition coefficient (Wildman–Crippen LogP) is 4.49. The molecule has 1 aromatic carbocycles. The maximum atomic E-state index is 9.36. The second-order valence-electron chi connectivity index (χ2n) is 5.57. The zero-order valence-electron chi connectivity index (χ0n) is 10.8. The Morgan fingerprint density at radius 3 is 2.47 bits per heavy atom. The predicted molar refractivity (Wildman–Crippen MR) is 72.2 cm³/mol. The molecule has 1 saturated carbocycles. The van der Waals surface area contributed by atoms with E-state index < -0.39 is 0 Å². The molecule has 0 amide bonds. The van der Waals surface area contributed by atoms with E-state index in [0.29, 0.717) is 17.6 Å². The van der Waals surface area contributed by atoms with Gasteiger partial charge < -0.3 is 5.11 Å². The molecule has 1 aliphatic rings. The van der Waals surface area contributed by atoms with E-state index >= 15 is 0 Å². The van der Waals surface area contributed by atoms with Gasteiger partial charge in [-0.25, -0.2) is 0 Å². The van der Waals surface area contributed by atoms with E-state index in [0.717, 1.165) is 5.92 Å². The van der Waals surface area contributed by atoms with E-state index in [1.165, 1.54) is 30.4 Å². The van der Waals surface area contributed by atoms with Gasteiger partial charge in [0.2, 0.25) is 0 Å². The standard InChI is InChI=1S/C16H22O/c1-11(2)15-9-4-12(3)10-16(15)13-5-7-14(17)8-6-13/h5-8,12,15-17H,1,4,9-10H2,2-3H3/t12-,15+,16+/m1/s1. The third kappa shape index (κ3) is 2.71. The Bertz CT molecular complexity index is 390. The van der Waals surface area contributed by atoms with Crippen LogP contribution in [0.2, 0.25) is 0 Å². The van der Waals surface area contributed by atoms with E-state index in [1.807, 2.05) is 0 Å². The lowest BCUT2D eigenvalue weighted by atomic mass is 9.69. The van der Waals surface area contributed by atoms with Crippen molar-refractivity contribution in [2.45, 2.75) is 39.0 Å². The first-order chi connectivity index (χ1) is 8.08. The Hall–Kier alpha value is -1.24. The summed E-state index contributed by atoms with van der Waals surface area (Å²) in [5.74, 6) is 2.33. The van der Waals surface area contributed by atoms with Crippen molar-refractivity contribution in [1.29, 1.82) is 0 Å². The number of phenols is 1. The van der Waals surface area contributed by atoms with Crippen molar-refractivity contribution in [1.82, 2.24) is 0 Å². The molecule has 92 valence electrons. The van der Waals surface area contributed by atoms with Crippen LogP contribution in [0.15, 0.2) is 36.4 Å². The van der Waals surface area contributed by atoms with Crippen molar-refractivity contribution in [3.8, 4) is 5.75 Å². The number of hydrogen-bond acceptors (Lipinski definition) is 1. The van der Waals surface area contributed by atoms with Gasteiger partial charge in [-0.3, -0.25) is 0 Å². The Labute approximate surface area is 104 Å². The molecule has 1 N–H and O–H groups in total. The highest BCUT2D eigenvalue weighted by atomic mass is 16.3. The molecule has 0 bridgehead atoms. The second-order valence-corrected chi connectivity index (χ2v) is 5.57. The first-order valence-corrected chi connectivity index (χ1v) is 6.52. The Balaban J connectivity index is 2.25. The van der Waals surface area contributed by atoms with Crippen molar-refractivity contribution in [2.75, 3.05) is 0 Å². The van der Waals surface area contributed by atoms with Gasteiger partial charge in [-0.1, -0.05) is 37.6 Å². The first kappa shape index (κ1) is 12.2. The molecule has 0 unspecified atom stereocenters. The van der Waals surface area contributed by atoms with Crippen molar-refractivity contribution in [3.05, 3.63) is 42.0 Å². The summed E-state index contributed by atoms with van der Waals surface area (Å²) in [4.78, 5) is 0. The highest BCUT2D eigenvalue weighted by Gasteiger charge is 2.29. The minimum absolute atomic E-state index is 0.351. The molecule has 0 radical (unpaired) electrons. The van der Waals surface area contributed by atoms with E-state index in [4.69, 9.17) is 0 Å². The SMILES string of the molecule is C=C(C)[C@@H]1CC[C@@H](C)C[C@H]1c1ccc(O)cc1. The molecule has 0 saturated heterocycles. The molecule has 1 nitrogen and oxygen atoms in total. The van der Waals surface area contributed by atoms with Gasteiger partial charge in [-0.2, -0.15) is 0 Å². The molecule has 1 aliphatic carbocycles. The molecule has 3 atom stereocenters. The summed E-state index contributed by atoms with van der Waals surface area (Å²) in [6.07, 6.45) is 3.80. The fourth-order valence-corrected chi connectivity index (χ4v) is 3.06. The van der Waals surface area contributed by atoms with Crippen LogP contribution in [0.1, 0.15) is 44.6 Å². The summed E-state index contributed by atoms with van der Waals surface area (Å²) in [7, 11) is 0. The van der Waals surface area contributed by atoms with Gasteiger partial charge in [0, 0.05) is 0 Å². The van der Waals surface area contributed by atoms with Crippen LogP contribution < -0.4 is 0 Å². The fraction of sp³-hybridized carbons (Fsp3) is 0.500. The first-order valence-electron chi connectivity index (χ1n) is 6.52. The normalized spacial score (nSPS) is 28.9. The number of hydrogen-bond donors (Lipinski definition) is 1. The minimum atomic E-state index is 0.351. The van der Waals surface area contributed by atoms with Crippen LogP contribution in [0, 0.1) is 11.8 Å². The van der Waals surface area contributed by atoms with Crippen LogP contribution in [-0.4, -0.2) is 5.11 Å². The average molecular weight is 230 g/mol. The van der Waals surface area contributed by atoms with E-state index in [1.54, 1.807) is 12.1 Å². The molecular weight excluding hydrogens is 208 g/mol. The number of rotatable bonds is 2. The topological polar surface area (TPSA) is 20.2 Å². The summed E-state index contributed by atoms with van der Waals surface area (Å²) in [6.45, 7) is 8.63. The van der Waals surface area contributed by atoms with Gasteiger partial charge in [0.1, 0.15) is 5.75 Å². The van der Waals surface area contributed by atoms with E-state index in [9.17, 15) is 5.11 Å². The number of phenolic OH excluding ortho intramolecular Hbond substituents is 1. The maximum absolute atomic E-state index is 9.36. The van der Waals surface area contributed by atoms with Gasteiger partial charge in [-0.15, -0.1) is 0 Å².